The number of nitrogens with one attached hydrogen (secondary N) is 3. The van der Waals surface area contributed by atoms with Crippen LogP contribution in [0.2, 0.25) is 0 Å². The van der Waals surface area contributed by atoms with Crippen LogP contribution in [0.25, 0.3) is 0 Å². The summed E-state index contributed by atoms with van der Waals surface area (Å²) in [6.07, 6.45) is 0.782. The molecule has 3 aliphatic heterocycles. The van der Waals surface area contributed by atoms with Gasteiger partial charge in [-0.3, -0.25) is 9.59 Å². The van der Waals surface area contributed by atoms with Crippen LogP contribution >= 0.6 is 0 Å². The molecular weight excluding hydrogens is 576 g/mol. The Labute approximate surface area is 238 Å². The molecule has 1 amide bonds. The van der Waals surface area contributed by atoms with E-state index < -0.39 is 43.4 Å². The minimum absolute atomic E-state index is 0.0319. The molecule has 0 aliphatic carbocycles. The zero-order valence-electron chi connectivity index (χ0n) is 22.3. The second kappa shape index (κ2) is 11.4. The van der Waals surface area contributed by atoms with E-state index in [-0.39, 0.29) is 47.6 Å². The first-order valence-corrected chi connectivity index (χ1v) is 16.1. The number of nitrogens with zero attached hydrogens (tertiary/aromatic N) is 1. The van der Waals surface area contributed by atoms with Crippen LogP contribution in [0.3, 0.4) is 0 Å². The average molecular weight is 609 g/mol. The normalized spacial score (nSPS) is 21.6. The highest BCUT2D eigenvalue weighted by atomic mass is 32.2. The van der Waals surface area contributed by atoms with Gasteiger partial charge in [0.15, 0.2) is 0 Å². The van der Waals surface area contributed by atoms with Crippen LogP contribution in [0.4, 0.5) is 5.69 Å². The fraction of sp³-hybridized carbons (Fsp3) is 0.462. The van der Waals surface area contributed by atoms with Crippen molar-refractivity contribution in [2.45, 2.75) is 46.8 Å². The molecule has 0 saturated carbocycles. The number of hydrogen-bond donors (Lipinski definition) is 4. The highest BCUT2D eigenvalue weighted by Crippen LogP contribution is 2.38. The van der Waals surface area contributed by atoms with Crippen molar-refractivity contribution in [3.05, 3.63) is 48.0 Å². The van der Waals surface area contributed by atoms with Crippen molar-refractivity contribution >= 4 is 37.4 Å². The maximum Gasteiger partial charge on any atom is 0.296 e. The van der Waals surface area contributed by atoms with E-state index in [1.807, 2.05) is 0 Å². The molecule has 2 fully saturated rings. The fourth-order valence-corrected chi connectivity index (χ4v) is 7.53. The van der Waals surface area contributed by atoms with E-state index in [9.17, 15) is 31.5 Å². The molecule has 0 aromatic heterocycles. The summed E-state index contributed by atoms with van der Waals surface area (Å²) in [7, 11) is -6.15. The molecule has 13 nitrogen and oxygen atoms in total. The molecular formula is C26H32N4O9S2. The smallest absolute Gasteiger partial charge is 0.296 e. The number of hydrogen-bond acceptors (Lipinski definition) is 10. The largest absolute Gasteiger partial charge is 0.491 e. The number of carbonyl (C=O) groups is 2. The molecule has 222 valence electrons. The highest BCUT2D eigenvalue weighted by molar-refractivity contribution is 7.89. The number of carbonyl (C=O) groups excluding carboxylic acids is 2. The second-order valence-corrected chi connectivity index (χ2v) is 14.2. The minimum atomic E-state index is -3.86. The lowest BCUT2D eigenvalue weighted by Gasteiger charge is -2.38. The Bertz CT molecular complexity index is 1550. The van der Waals surface area contributed by atoms with Gasteiger partial charge in [-0.2, -0.15) is 4.31 Å². The van der Waals surface area contributed by atoms with Gasteiger partial charge in [0, 0.05) is 31.7 Å². The van der Waals surface area contributed by atoms with Gasteiger partial charge in [0.1, 0.15) is 18.5 Å². The van der Waals surface area contributed by atoms with Crippen molar-refractivity contribution in [1.82, 2.24) is 14.3 Å². The first kappa shape index (κ1) is 29.6. The first-order valence-electron chi connectivity index (χ1n) is 13.1. The SMILES string of the molecule is CNS(=O)(=O)c1cccc(OC[C@@H](O)CNC2COC3(CCN(S(=O)(=O)c4ccc5c(c4)C(=O)C(=O)N5)CC3)C2)c1. The van der Waals surface area contributed by atoms with Gasteiger partial charge in [-0.25, -0.2) is 21.6 Å². The zero-order chi connectivity index (χ0) is 29.4. The van der Waals surface area contributed by atoms with Gasteiger partial charge >= 0.3 is 0 Å². The van der Waals surface area contributed by atoms with Crippen molar-refractivity contribution in [1.29, 1.82) is 0 Å². The summed E-state index contributed by atoms with van der Waals surface area (Å²) >= 11 is 0. The monoisotopic (exact) mass is 608 g/mol. The van der Waals surface area contributed by atoms with Gasteiger partial charge in [0.25, 0.3) is 11.7 Å². The summed E-state index contributed by atoms with van der Waals surface area (Å²) in [5, 5.41) is 16.1. The maximum absolute atomic E-state index is 13.3. The van der Waals surface area contributed by atoms with Crippen LogP contribution < -0.4 is 20.1 Å². The summed E-state index contributed by atoms with van der Waals surface area (Å²) in [6, 6.07) is 10.0. The molecule has 1 unspecified atom stereocenters. The van der Waals surface area contributed by atoms with Crippen molar-refractivity contribution in [3.63, 3.8) is 0 Å². The number of Topliss-reactive ketones (excluding diaryl/α,β-unsaturated/α-hetero) is 1. The molecule has 2 atom stereocenters. The Morgan fingerprint density at radius 2 is 1.88 bits per heavy atom. The Balaban J connectivity index is 1.09. The fourth-order valence-electron chi connectivity index (χ4n) is 5.29. The molecule has 2 aromatic carbocycles. The topological polar surface area (TPSA) is 180 Å². The molecule has 3 heterocycles. The number of rotatable bonds is 10. The van der Waals surface area contributed by atoms with E-state index in [0.29, 0.717) is 37.3 Å². The number of aliphatic hydroxyl groups is 1. The van der Waals surface area contributed by atoms with Crippen LogP contribution in [0.15, 0.2) is 52.3 Å². The molecule has 0 radical (unpaired) electrons. The third kappa shape index (κ3) is 6.16. The van der Waals surface area contributed by atoms with Gasteiger partial charge in [-0.05, 0) is 56.6 Å². The zero-order valence-corrected chi connectivity index (χ0v) is 24.0. The lowest BCUT2D eigenvalue weighted by molar-refractivity contribution is -0.112. The maximum atomic E-state index is 13.3. The Morgan fingerprint density at radius 3 is 2.61 bits per heavy atom. The molecule has 2 aromatic rings. The third-order valence-corrected chi connectivity index (χ3v) is 10.9. The summed E-state index contributed by atoms with van der Waals surface area (Å²) in [4.78, 5) is 23.7. The Hall–Kier alpha value is -2.92. The number of fused-ring (bicyclic) bond motifs is 1. The van der Waals surface area contributed by atoms with Crippen LogP contribution in [0, 0.1) is 0 Å². The third-order valence-electron chi connectivity index (χ3n) is 7.64. The molecule has 3 aliphatic rings. The second-order valence-electron chi connectivity index (χ2n) is 10.3. The van der Waals surface area contributed by atoms with Crippen LogP contribution in [-0.2, 0) is 29.6 Å². The first-order chi connectivity index (χ1) is 19.4. The van der Waals surface area contributed by atoms with Gasteiger partial charge < -0.3 is 25.2 Å². The highest BCUT2D eigenvalue weighted by Gasteiger charge is 2.45. The molecule has 5 rings (SSSR count). The number of anilines is 1. The van der Waals surface area contributed by atoms with Crippen LogP contribution in [-0.4, -0.2) is 95.6 Å². The van der Waals surface area contributed by atoms with E-state index in [1.54, 1.807) is 12.1 Å². The molecule has 4 N–H and O–H groups in total. The van der Waals surface area contributed by atoms with E-state index in [1.165, 1.54) is 41.7 Å². The lowest BCUT2D eigenvalue weighted by Crippen LogP contribution is -2.47. The number of sulfonamides is 2. The summed E-state index contributed by atoms with van der Waals surface area (Å²) in [5.74, 6) is -1.20. The molecule has 41 heavy (non-hydrogen) atoms. The molecule has 0 bridgehead atoms. The van der Waals surface area contributed by atoms with Crippen molar-refractivity contribution < 1.29 is 41.0 Å². The van der Waals surface area contributed by atoms with Gasteiger partial charge in [0.2, 0.25) is 20.0 Å². The average Bonchev–Trinajstić information content (AvgIpc) is 3.50. The quantitative estimate of drug-likeness (QED) is 0.270. The number of piperidine rings is 1. The molecule has 2 saturated heterocycles. The molecule has 1 spiro atoms. The van der Waals surface area contributed by atoms with Crippen molar-refractivity contribution in [2.75, 3.05) is 45.2 Å². The number of aliphatic hydroxyl groups excluding tert-OH is 1. The van der Waals surface area contributed by atoms with Crippen molar-refractivity contribution in [2.24, 2.45) is 0 Å². The van der Waals surface area contributed by atoms with E-state index >= 15 is 0 Å². The Morgan fingerprint density at radius 1 is 1.12 bits per heavy atom. The van der Waals surface area contributed by atoms with E-state index in [0.717, 1.165) is 0 Å². The predicted molar refractivity (Wildman–Crippen MR) is 147 cm³/mol. The number of benzene rings is 2. The Kier molecular flexibility index (Phi) is 8.22. The van der Waals surface area contributed by atoms with Gasteiger partial charge in [-0.1, -0.05) is 6.07 Å². The number of amides is 1. The van der Waals surface area contributed by atoms with Gasteiger partial charge in [0.05, 0.1) is 33.2 Å². The number of ether oxygens (including phenoxy) is 2. The van der Waals surface area contributed by atoms with Crippen LogP contribution in [0.1, 0.15) is 29.6 Å². The summed E-state index contributed by atoms with van der Waals surface area (Å²) in [6.45, 7) is 1.10. The molecule has 15 heteroatoms. The lowest BCUT2D eigenvalue weighted by atomic mass is 9.88. The van der Waals surface area contributed by atoms with E-state index in [4.69, 9.17) is 9.47 Å². The van der Waals surface area contributed by atoms with Gasteiger partial charge in [-0.15, -0.1) is 0 Å². The van der Waals surface area contributed by atoms with Crippen LogP contribution in [0.5, 0.6) is 5.75 Å². The number of ketones is 1. The predicted octanol–water partition coefficient (Wildman–Crippen LogP) is 0.0712. The minimum Gasteiger partial charge on any atom is -0.491 e. The standard InChI is InChI=1S/C26H32N4O9S2/c1-27-40(34,35)20-4-2-3-19(11-20)38-16-18(31)14-28-17-13-26(39-15-17)7-9-30(10-8-26)41(36,37)21-5-6-23-22(12-21)24(32)25(33)29-23/h2-6,11-12,17-18,27-28,31H,7-10,13-16H2,1H3,(H,29,32,33)/t17?,18-/m0/s1. The summed E-state index contributed by atoms with van der Waals surface area (Å²) in [5.41, 5.74) is -0.116. The van der Waals surface area contributed by atoms with Crippen molar-refractivity contribution in [3.8, 4) is 5.75 Å². The van der Waals surface area contributed by atoms with E-state index in [2.05, 4.69) is 15.4 Å². The summed E-state index contributed by atoms with van der Waals surface area (Å²) < 4.78 is 65.7.